The number of fused-ring (bicyclic) bond motifs is 1. The molecular formula is C24H26O6. The molecule has 0 bridgehead atoms. The highest BCUT2D eigenvalue weighted by Gasteiger charge is 2.29. The second-order valence-electron chi connectivity index (χ2n) is 7.71. The van der Waals surface area contributed by atoms with Gasteiger partial charge in [-0.1, -0.05) is 25.5 Å². The highest BCUT2D eigenvalue weighted by atomic mass is 16.5. The minimum Gasteiger partial charge on any atom is -0.507 e. The number of ketones is 2. The molecule has 6 nitrogen and oxygen atoms in total. The summed E-state index contributed by atoms with van der Waals surface area (Å²) in [5.41, 5.74) is 3.21. The van der Waals surface area contributed by atoms with Crippen molar-refractivity contribution in [2.24, 2.45) is 5.92 Å². The molecule has 0 spiro atoms. The molecule has 0 fully saturated rings. The van der Waals surface area contributed by atoms with Gasteiger partial charge in [0.1, 0.15) is 18.1 Å². The highest BCUT2D eigenvalue weighted by molar-refractivity contribution is 6.02. The molecule has 0 aromatic heterocycles. The number of benzene rings is 2. The maximum absolute atomic E-state index is 12.7. The molecule has 0 aliphatic heterocycles. The largest absolute Gasteiger partial charge is 0.507 e. The second-order valence-corrected chi connectivity index (χ2v) is 7.71. The van der Waals surface area contributed by atoms with Crippen molar-refractivity contribution in [1.82, 2.24) is 0 Å². The van der Waals surface area contributed by atoms with Crippen molar-refractivity contribution in [3.8, 4) is 11.5 Å². The van der Waals surface area contributed by atoms with Crippen LogP contribution in [-0.2, 0) is 24.2 Å². The third kappa shape index (κ3) is 4.53. The summed E-state index contributed by atoms with van der Waals surface area (Å²) in [7, 11) is 0. The van der Waals surface area contributed by atoms with E-state index in [1.165, 1.54) is 6.92 Å². The van der Waals surface area contributed by atoms with Crippen molar-refractivity contribution >= 4 is 17.5 Å². The fraction of sp³-hybridized carbons (Fsp3) is 0.375. The van der Waals surface area contributed by atoms with Crippen LogP contribution in [0, 0.1) is 5.92 Å². The minimum atomic E-state index is -0.971. The Kier molecular flexibility index (Phi) is 6.55. The molecule has 1 aliphatic rings. The molecule has 0 saturated carbocycles. The maximum Gasteiger partial charge on any atom is 0.304 e. The summed E-state index contributed by atoms with van der Waals surface area (Å²) < 4.78 is 5.90. The first-order valence-electron chi connectivity index (χ1n) is 10.2. The van der Waals surface area contributed by atoms with E-state index in [2.05, 4.69) is 0 Å². The molecule has 6 heteroatoms. The van der Waals surface area contributed by atoms with Crippen LogP contribution in [0.1, 0.15) is 70.5 Å². The van der Waals surface area contributed by atoms with E-state index in [9.17, 15) is 19.5 Å². The lowest BCUT2D eigenvalue weighted by Gasteiger charge is -2.23. The molecular weight excluding hydrogens is 384 g/mol. The number of hydrogen-bond acceptors (Lipinski definition) is 5. The van der Waals surface area contributed by atoms with Crippen LogP contribution < -0.4 is 4.74 Å². The van der Waals surface area contributed by atoms with Gasteiger partial charge in [-0.05, 0) is 55.5 Å². The summed E-state index contributed by atoms with van der Waals surface area (Å²) in [6.07, 6.45) is 2.47. The zero-order valence-electron chi connectivity index (χ0n) is 17.2. The molecule has 158 valence electrons. The first kappa shape index (κ1) is 21.6. The molecule has 2 N–H and O–H groups in total. The summed E-state index contributed by atoms with van der Waals surface area (Å²) in [4.78, 5) is 35.4. The molecule has 1 aliphatic carbocycles. The standard InChI is InChI=1S/C24H26O6/c1-3-4-20-17(8-10-19(14(2)25)24(20)29)13-30-18-9-7-15-5-6-16(11-22(26)27)23(28)21(15)12-18/h7-10,12,16,29H,3-6,11,13H2,1-2H3,(H,26,27). The number of aliphatic carboxylic acids is 1. The number of aryl methyl sites for hydroxylation is 1. The number of aromatic hydroxyl groups is 1. The van der Waals surface area contributed by atoms with Gasteiger partial charge in [-0.3, -0.25) is 14.4 Å². The van der Waals surface area contributed by atoms with Crippen LogP contribution in [0.2, 0.25) is 0 Å². The Morgan fingerprint density at radius 3 is 2.63 bits per heavy atom. The molecule has 2 aromatic rings. The maximum atomic E-state index is 12.7. The SMILES string of the molecule is CCCc1c(COc2ccc3c(c2)C(=O)C(CC(=O)O)CC3)ccc(C(C)=O)c1O. The molecule has 0 heterocycles. The number of rotatable bonds is 8. The zero-order chi connectivity index (χ0) is 21.8. The van der Waals surface area contributed by atoms with Crippen molar-refractivity contribution in [3.63, 3.8) is 0 Å². The molecule has 1 atom stereocenters. The van der Waals surface area contributed by atoms with Crippen LogP contribution >= 0.6 is 0 Å². The molecule has 0 saturated heterocycles. The average molecular weight is 410 g/mol. The first-order chi connectivity index (χ1) is 14.3. The van der Waals surface area contributed by atoms with Gasteiger partial charge in [0.05, 0.1) is 12.0 Å². The fourth-order valence-electron chi connectivity index (χ4n) is 3.97. The van der Waals surface area contributed by atoms with Crippen LogP contribution in [0.25, 0.3) is 0 Å². The number of phenolic OH excluding ortho intramolecular Hbond substituents is 1. The first-order valence-corrected chi connectivity index (χ1v) is 10.2. The van der Waals surface area contributed by atoms with E-state index in [1.807, 2.05) is 13.0 Å². The molecule has 0 amide bonds. The van der Waals surface area contributed by atoms with Gasteiger partial charge in [-0.25, -0.2) is 0 Å². The van der Waals surface area contributed by atoms with Crippen molar-refractivity contribution < 1.29 is 29.3 Å². The predicted molar refractivity (Wildman–Crippen MR) is 111 cm³/mol. The molecule has 1 unspecified atom stereocenters. The Morgan fingerprint density at radius 1 is 1.20 bits per heavy atom. The number of ether oxygens (including phenoxy) is 1. The lowest BCUT2D eigenvalue weighted by molar-refractivity contribution is -0.137. The van der Waals surface area contributed by atoms with E-state index in [4.69, 9.17) is 9.84 Å². The van der Waals surface area contributed by atoms with E-state index in [-0.39, 0.29) is 30.3 Å². The van der Waals surface area contributed by atoms with Crippen molar-refractivity contribution in [2.75, 3.05) is 0 Å². The third-order valence-electron chi connectivity index (χ3n) is 5.55. The van der Waals surface area contributed by atoms with E-state index in [1.54, 1.807) is 24.3 Å². The van der Waals surface area contributed by atoms with Crippen molar-refractivity contribution in [1.29, 1.82) is 0 Å². The van der Waals surface area contributed by atoms with Gasteiger partial charge in [0, 0.05) is 17.0 Å². The summed E-state index contributed by atoms with van der Waals surface area (Å²) in [5.74, 6) is -1.31. The van der Waals surface area contributed by atoms with E-state index in [0.717, 1.165) is 17.5 Å². The van der Waals surface area contributed by atoms with Gasteiger partial charge in [0.15, 0.2) is 11.6 Å². The van der Waals surface area contributed by atoms with Gasteiger partial charge in [0.25, 0.3) is 0 Å². The number of carbonyl (C=O) groups is 3. The van der Waals surface area contributed by atoms with Crippen LogP contribution in [0.4, 0.5) is 0 Å². The summed E-state index contributed by atoms with van der Waals surface area (Å²) in [6.45, 7) is 3.60. The summed E-state index contributed by atoms with van der Waals surface area (Å²) in [6, 6.07) is 8.71. The predicted octanol–water partition coefficient (Wildman–Crippen LogP) is 4.35. The number of carbonyl (C=O) groups excluding carboxylic acids is 2. The summed E-state index contributed by atoms with van der Waals surface area (Å²) >= 11 is 0. The van der Waals surface area contributed by atoms with Crippen molar-refractivity contribution in [2.45, 2.75) is 52.6 Å². The Balaban J connectivity index is 1.81. The average Bonchev–Trinajstić information content (AvgIpc) is 2.70. The Morgan fingerprint density at radius 2 is 1.97 bits per heavy atom. The number of carboxylic acid groups (broad SMARTS) is 1. The van der Waals surface area contributed by atoms with E-state index in [0.29, 0.717) is 41.7 Å². The zero-order valence-corrected chi connectivity index (χ0v) is 17.2. The molecule has 2 aromatic carbocycles. The van der Waals surface area contributed by atoms with Crippen LogP contribution in [0.5, 0.6) is 11.5 Å². The normalized spacial score (nSPS) is 15.5. The molecule has 3 rings (SSSR count). The van der Waals surface area contributed by atoms with Crippen LogP contribution in [0.3, 0.4) is 0 Å². The van der Waals surface area contributed by atoms with Gasteiger partial charge >= 0.3 is 5.97 Å². The number of Topliss-reactive ketones (excluding diaryl/α,β-unsaturated/α-hetero) is 2. The minimum absolute atomic E-state index is 0.00239. The van der Waals surface area contributed by atoms with Crippen LogP contribution in [0.15, 0.2) is 30.3 Å². The monoisotopic (exact) mass is 410 g/mol. The van der Waals surface area contributed by atoms with Gasteiger partial charge in [-0.2, -0.15) is 0 Å². The number of hydrogen-bond donors (Lipinski definition) is 2. The molecule has 0 radical (unpaired) electrons. The topological polar surface area (TPSA) is 101 Å². The summed E-state index contributed by atoms with van der Waals surface area (Å²) in [5, 5.41) is 19.5. The fourth-order valence-corrected chi connectivity index (χ4v) is 3.97. The molecule has 30 heavy (non-hydrogen) atoms. The number of phenols is 1. The quantitative estimate of drug-likeness (QED) is 0.628. The van der Waals surface area contributed by atoms with Gasteiger partial charge < -0.3 is 14.9 Å². The lowest BCUT2D eigenvalue weighted by Crippen LogP contribution is -2.25. The van der Waals surface area contributed by atoms with Gasteiger partial charge in [-0.15, -0.1) is 0 Å². The lowest BCUT2D eigenvalue weighted by atomic mass is 9.81. The third-order valence-corrected chi connectivity index (χ3v) is 5.55. The highest BCUT2D eigenvalue weighted by Crippen LogP contribution is 2.32. The Hall–Kier alpha value is -3.15. The van der Waals surface area contributed by atoms with E-state index >= 15 is 0 Å². The van der Waals surface area contributed by atoms with E-state index < -0.39 is 11.9 Å². The number of carboxylic acids is 1. The smallest absolute Gasteiger partial charge is 0.304 e. The van der Waals surface area contributed by atoms with Crippen molar-refractivity contribution in [3.05, 3.63) is 58.1 Å². The Bertz CT molecular complexity index is 991. The van der Waals surface area contributed by atoms with Crippen LogP contribution in [-0.4, -0.2) is 27.7 Å². The Labute approximate surface area is 175 Å². The van der Waals surface area contributed by atoms with Gasteiger partial charge in [0.2, 0.25) is 0 Å². The second kappa shape index (κ2) is 9.11.